The van der Waals surface area contributed by atoms with Gasteiger partial charge in [0.25, 0.3) is 0 Å². The van der Waals surface area contributed by atoms with Crippen LogP contribution < -0.4 is 4.74 Å². The second-order valence-corrected chi connectivity index (χ2v) is 5.79. The van der Waals surface area contributed by atoms with Gasteiger partial charge in [-0.15, -0.1) is 0 Å². The number of hydrogen-bond donors (Lipinski definition) is 1. The second kappa shape index (κ2) is 6.91. The molecule has 2 unspecified atom stereocenters. The molecule has 0 aliphatic carbocycles. The molecule has 2 rings (SSSR count). The average molecular weight is 335 g/mol. The minimum absolute atomic E-state index is 0.108. The fraction of sp³-hybridized carbons (Fsp3) is 0.294. The first-order valence-electron chi connectivity index (χ1n) is 6.67. The summed E-state index contributed by atoms with van der Waals surface area (Å²) in [4.78, 5) is 0. The van der Waals surface area contributed by atoms with Gasteiger partial charge in [0.1, 0.15) is 5.75 Å². The van der Waals surface area contributed by atoms with Crippen molar-refractivity contribution < 1.29 is 9.84 Å². The molecule has 3 heteroatoms. The lowest BCUT2D eigenvalue weighted by Gasteiger charge is -2.19. The first-order valence-corrected chi connectivity index (χ1v) is 7.46. The van der Waals surface area contributed by atoms with Crippen LogP contribution in [0.25, 0.3) is 0 Å². The molecule has 0 saturated heterocycles. The predicted molar refractivity (Wildman–Crippen MR) is 85.3 cm³/mol. The Balaban J connectivity index is 2.08. The zero-order valence-electron chi connectivity index (χ0n) is 11.7. The van der Waals surface area contributed by atoms with Crippen molar-refractivity contribution in [2.24, 2.45) is 0 Å². The Morgan fingerprint density at radius 3 is 2.45 bits per heavy atom. The SMILES string of the molecule is COc1ccc(CC(O)C(C)c2ccccc2)cc1Br. The molecule has 0 saturated carbocycles. The number of benzene rings is 2. The Kier molecular flexibility index (Phi) is 5.21. The standard InChI is InChI=1S/C17H19BrO2/c1-12(14-6-4-3-5-7-14)16(19)11-13-8-9-17(20-2)15(18)10-13/h3-10,12,16,19H,11H2,1-2H3. The predicted octanol–water partition coefficient (Wildman–Crippen LogP) is 4.16. The van der Waals surface area contributed by atoms with Gasteiger partial charge < -0.3 is 9.84 Å². The molecule has 0 heterocycles. The normalized spacial score (nSPS) is 13.8. The number of halogens is 1. The number of hydrogen-bond acceptors (Lipinski definition) is 2. The van der Waals surface area contributed by atoms with Gasteiger partial charge in [0, 0.05) is 5.92 Å². The maximum Gasteiger partial charge on any atom is 0.133 e. The highest BCUT2D eigenvalue weighted by Gasteiger charge is 2.17. The van der Waals surface area contributed by atoms with Crippen LogP contribution in [-0.2, 0) is 6.42 Å². The van der Waals surface area contributed by atoms with Gasteiger partial charge in [0.15, 0.2) is 0 Å². The third kappa shape index (κ3) is 3.62. The van der Waals surface area contributed by atoms with E-state index in [1.54, 1.807) is 7.11 Å². The van der Waals surface area contributed by atoms with Crippen molar-refractivity contribution >= 4 is 15.9 Å². The summed E-state index contributed by atoms with van der Waals surface area (Å²) in [5, 5.41) is 10.4. The first-order chi connectivity index (χ1) is 9.61. The van der Waals surface area contributed by atoms with Crippen LogP contribution in [-0.4, -0.2) is 18.3 Å². The Hall–Kier alpha value is -1.32. The summed E-state index contributed by atoms with van der Waals surface area (Å²) in [6, 6.07) is 16.0. The molecule has 2 atom stereocenters. The number of methoxy groups -OCH3 is 1. The van der Waals surface area contributed by atoms with Gasteiger partial charge in [0.2, 0.25) is 0 Å². The van der Waals surface area contributed by atoms with E-state index in [0.717, 1.165) is 21.3 Å². The molecule has 2 aromatic rings. The molecule has 106 valence electrons. The van der Waals surface area contributed by atoms with E-state index in [-0.39, 0.29) is 5.92 Å². The molecule has 0 radical (unpaired) electrons. The molecule has 2 aromatic carbocycles. The molecule has 20 heavy (non-hydrogen) atoms. The van der Waals surface area contributed by atoms with E-state index < -0.39 is 6.10 Å². The summed E-state index contributed by atoms with van der Waals surface area (Å²) in [5.41, 5.74) is 2.25. The van der Waals surface area contributed by atoms with Crippen molar-refractivity contribution in [3.63, 3.8) is 0 Å². The average Bonchev–Trinajstić information content (AvgIpc) is 2.47. The zero-order valence-corrected chi connectivity index (χ0v) is 13.3. The van der Waals surface area contributed by atoms with E-state index in [1.165, 1.54) is 0 Å². The van der Waals surface area contributed by atoms with E-state index in [1.807, 2.05) is 36.4 Å². The molecule has 1 N–H and O–H groups in total. The topological polar surface area (TPSA) is 29.5 Å². The quantitative estimate of drug-likeness (QED) is 0.889. The third-order valence-electron chi connectivity index (χ3n) is 3.56. The van der Waals surface area contributed by atoms with Gasteiger partial charge in [-0.2, -0.15) is 0 Å². The van der Waals surface area contributed by atoms with Crippen molar-refractivity contribution in [1.82, 2.24) is 0 Å². The highest BCUT2D eigenvalue weighted by atomic mass is 79.9. The third-order valence-corrected chi connectivity index (χ3v) is 4.18. The van der Waals surface area contributed by atoms with E-state index in [4.69, 9.17) is 4.74 Å². The summed E-state index contributed by atoms with van der Waals surface area (Å²) in [6.45, 7) is 2.05. The summed E-state index contributed by atoms with van der Waals surface area (Å²) >= 11 is 3.47. The minimum Gasteiger partial charge on any atom is -0.496 e. The molecule has 0 spiro atoms. The van der Waals surface area contributed by atoms with Crippen molar-refractivity contribution in [1.29, 1.82) is 0 Å². The van der Waals surface area contributed by atoms with Gasteiger partial charge in [0.05, 0.1) is 17.7 Å². The summed E-state index contributed by atoms with van der Waals surface area (Å²) < 4.78 is 6.13. The molecular weight excluding hydrogens is 316 g/mol. The van der Waals surface area contributed by atoms with E-state index in [0.29, 0.717) is 6.42 Å². The van der Waals surface area contributed by atoms with Crippen LogP contribution in [0.3, 0.4) is 0 Å². The lowest BCUT2D eigenvalue weighted by molar-refractivity contribution is 0.149. The summed E-state index contributed by atoms with van der Waals surface area (Å²) in [7, 11) is 1.64. The zero-order chi connectivity index (χ0) is 14.5. The highest BCUT2D eigenvalue weighted by molar-refractivity contribution is 9.10. The molecule has 0 amide bonds. The first kappa shape index (κ1) is 15.1. The molecule has 0 bridgehead atoms. The Morgan fingerprint density at radius 2 is 1.85 bits per heavy atom. The van der Waals surface area contributed by atoms with E-state index >= 15 is 0 Å². The van der Waals surface area contributed by atoms with Crippen LogP contribution in [0.15, 0.2) is 53.0 Å². The van der Waals surface area contributed by atoms with Crippen LogP contribution in [0, 0.1) is 0 Å². The van der Waals surface area contributed by atoms with Crippen LogP contribution in [0.4, 0.5) is 0 Å². The van der Waals surface area contributed by atoms with E-state index in [2.05, 4.69) is 35.0 Å². The second-order valence-electron chi connectivity index (χ2n) is 4.94. The molecule has 0 fully saturated rings. The fourth-order valence-corrected chi connectivity index (χ4v) is 2.82. The fourth-order valence-electron chi connectivity index (χ4n) is 2.23. The molecule has 2 nitrogen and oxygen atoms in total. The van der Waals surface area contributed by atoms with Crippen LogP contribution in [0.2, 0.25) is 0 Å². The highest BCUT2D eigenvalue weighted by Crippen LogP contribution is 2.28. The lowest BCUT2D eigenvalue weighted by Crippen LogP contribution is -2.18. The maximum absolute atomic E-state index is 10.4. The van der Waals surface area contributed by atoms with Crippen LogP contribution in [0.5, 0.6) is 5.75 Å². The smallest absolute Gasteiger partial charge is 0.133 e. The van der Waals surface area contributed by atoms with Crippen molar-refractivity contribution in [3.05, 3.63) is 64.1 Å². The number of ether oxygens (including phenoxy) is 1. The summed E-state index contributed by atoms with van der Waals surface area (Å²) in [5.74, 6) is 0.913. The largest absolute Gasteiger partial charge is 0.496 e. The van der Waals surface area contributed by atoms with Crippen LogP contribution in [0.1, 0.15) is 24.0 Å². The number of aliphatic hydroxyl groups excluding tert-OH is 1. The monoisotopic (exact) mass is 334 g/mol. The summed E-state index contributed by atoms with van der Waals surface area (Å²) in [6.07, 6.45) is 0.219. The van der Waals surface area contributed by atoms with Crippen molar-refractivity contribution in [3.8, 4) is 5.75 Å². The van der Waals surface area contributed by atoms with Gasteiger partial charge in [-0.1, -0.05) is 43.3 Å². The van der Waals surface area contributed by atoms with Crippen LogP contribution >= 0.6 is 15.9 Å². The molecule has 0 aliphatic heterocycles. The number of rotatable bonds is 5. The maximum atomic E-state index is 10.4. The lowest BCUT2D eigenvalue weighted by atomic mass is 9.91. The van der Waals surface area contributed by atoms with Gasteiger partial charge in [-0.05, 0) is 45.6 Å². The van der Waals surface area contributed by atoms with Gasteiger partial charge in [-0.3, -0.25) is 0 Å². The van der Waals surface area contributed by atoms with Crippen molar-refractivity contribution in [2.45, 2.75) is 25.4 Å². The Morgan fingerprint density at radius 1 is 1.15 bits per heavy atom. The van der Waals surface area contributed by atoms with E-state index in [9.17, 15) is 5.11 Å². The van der Waals surface area contributed by atoms with Gasteiger partial charge >= 0.3 is 0 Å². The number of aliphatic hydroxyl groups is 1. The Labute approximate surface area is 128 Å². The molecule has 0 aliphatic rings. The van der Waals surface area contributed by atoms with Gasteiger partial charge in [-0.25, -0.2) is 0 Å². The molecular formula is C17H19BrO2. The molecule has 0 aromatic heterocycles. The minimum atomic E-state index is -0.405. The van der Waals surface area contributed by atoms with Crippen molar-refractivity contribution in [2.75, 3.05) is 7.11 Å². The Bertz CT molecular complexity index is 554.